The minimum atomic E-state index is 0.103. The fraction of sp³-hybridized carbons (Fsp3) is 0.286. The number of carbonyl (C=O) groups is 1. The molecule has 0 fully saturated rings. The molecule has 3 nitrogen and oxygen atoms in total. The third kappa shape index (κ3) is 3.03. The van der Waals surface area contributed by atoms with Gasteiger partial charge in [-0.25, -0.2) is 0 Å². The van der Waals surface area contributed by atoms with Crippen LogP contribution in [0.5, 0.6) is 0 Å². The first-order valence-electron chi connectivity index (χ1n) is 5.73. The largest absolute Gasteiger partial charge is 0.292 e. The van der Waals surface area contributed by atoms with Gasteiger partial charge in [0.1, 0.15) is 5.69 Å². The van der Waals surface area contributed by atoms with Gasteiger partial charge in [-0.3, -0.25) is 9.48 Å². The summed E-state index contributed by atoms with van der Waals surface area (Å²) in [5.74, 6) is 0.103. The summed E-state index contributed by atoms with van der Waals surface area (Å²) in [6.45, 7) is 2.06. The monoisotopic (exact) mass is 228 g/mol. The number of nitrogens with zero attached hydrogens (tertiary/aromatic N) is 2. The molecule has 0 saturated heterocycles. The van der Waals surface area contributed by atoms with Crippen LogP contribution in [0.25, 0.3) is 0 Å². The minimum absolute atomic E-state index is 0.103. The Morgan fingerprint density at radius 1 is 1.24 bits per heavy atom. The van der Waals surface area contributed by atoms with Crippen molar-refractivity contribution in [2.45, 2.75) is 19.8 Å². The van der Waals surface area contributed by atoms with Crippen molar-refractivity contribution in [2.75, 3.05) is 0 Å². The number of Topliss-reactive ketones (excluding diaryl/α,β-unsaturated/α-hetero) is 1. The van der Waals surface area contributed by atoms with Crippen LogP contribution >= 0.6 is 0 Å². The fourth-order valence-electron chi connectivity index (χ4n) is 1.70. The van der Waals surface area contributed by atoms with Gasteiger partial charge in [0.25, 0.3) is 0 Å². The minimum Gasteiger partial charge on any atom is -0.292 e. The summed E-state index contributed by atoms with van der Waals surface area (Å²) in [5, 5.41) is 4.10. The highest BCUT2D eigenvalue weighted by atomic mass is 16.1. The average Bonchev–Trinajstić information content (AvgIpc) is 2.75. The van der Waals surface area contributed by atoms with Gasteiger partial charge in [-0.05, 0) is 25.0 Å². The summed E-state index contributed by atoms with van der Waals surface area (Å²) in [5.41, 5.74) is 2.99. The molecule has 17 heavy (non-hydrogen) atoms. The van der Waals surface area contributed by atoms with Gasteiger partial charge < -0.3 is 0 Å². The van der Waals surface area contributed by atoms with E-state index in [1.165, 1.54) is 11.1 Å². The van der Waals surface area contributed by atoms with Crippen molar-refractivity contribution in [3.63, 3.8) is 0 Å². The summed E-state index contributed by atoms with van der Waals surface area (Å²) >= 11 is 0. The van der Waals surface area contributed by atoms with Gasteiger partial charge >= 0.3 is 0 Å². The molecule has 88 valence electrons. The molecule has 1 aromatic heterocycles. The van der Waals surface area contributed by atoms with Crippen LogP contribution in [0.1, 0.15) is 28.0 Å². The SMILES string of the molecule is Cc1ccc(CCC(=O)c2ccn(C)n2)cc1. The molecular weight excluding hydrogens is 212 g/mol. The Morgan fingerprint density at radius 3 is 2.53 bits per heavy atom. The van der Waals surface area contributed by atoms with E-state index in [0.29, 0.717) is 12.1 Å². The van der Waals surface area contributed by atoms with Gasteiger partial charge in [0.2, 0.25) is 0 Å². The summed E-state index contributed by atoms with van der Waals surface area (Å²) in [4.78, 5) is 11.8. The zero-order valence-electron chi connectivity index (χ0n) is 10.2. The van der Waals surface area contributed by atoms with Crippen LogP contribution in [0, 0.1) is 6.92 Å². The average molecular weight is 228 g/mol. The van der Waals surface area contributed by atoms with E-state index in [1.54, 1.807) is 16.9 Å². The second-order valence-electron chi connectivity index (χ2n) is 4.28. The van der Waals surface area contributed by atoms with Crippen LogP contribution in [0.15, 0.2) is 36.5 Å². The highest BCUT2D eigenvalue weighted by molar-refractivity contribution is 5.94. The Labute approximate surface area is 101 Å². The molecule has 2 aromatic rings. The highest BCUT2D eigenvalue weighted by Crippen LogP contribution is 2.08. The molecule has 2 rings (SSSR count). The van der Waals surface area contributed by atoms with Gasteiger partial charge in [-0.15, -0.1) is 0 Å². The van der Waals surface area contributed by atoms with E-state index < -0.39 is 0 Å². The van der Waals surface area contributed by atoms with Gasteiger partial charge in [0, 0.05) is 19.7 Å². The van der Waals surface area contributed by atoms with Crippen molar-refractivity contribution in [1.82, 2.24) is 9.78 Å². The molecule has 1 aromatic carbocycles. The lowest BCUT2D eigenvalue weighted by Crippen LogP contribution is -2.03. The lowest BCUT2D eigenvalue weighted by molar-refractivity contribution is 0.0977. The van der Waals surface area contributed by atoms with Crippen molar-refractivity contribution in [3.8, 4) is 0 Å². The normalized spacial score (nSPS) is 10.5. The number of aromatic nitrogens is 2. The summed E-state index contributed by atoms with van der Waals surface area (Å²) in [6.07, 6.45) is 3.08. The number of hydrogen-bond acceptors (Lipinski definition) is 2. The Bertz CT molecular complexity index is 511. The summed E-state index contributed by atoms with van der Waals surface area (Å²) in [6, 6.07) is 10.0. The number of ketones is 1. The van der Waals surface area contributed by atoms with Crippen LogP contribution < -0.4 is 0 Å². The first-order chi connectivity index (χ1) is 8.15. The molecule has 0 N–H and O–H groups in total. The second kappa shape index (κ2) is 4.95. The van der Waals surface area contributed by atoms with Crippen LogP contribution in [0.2, 0.25) is 0 Å². The lowest BCUT2D eigenvalue weighted by atomic mass is 10.1. The topological polar surface area (TPSA) is 34.9 Å². The highest BCUT2D eigenvalue weighted by Gasteiger charge is 2.08. The smallest absolute Gasteiger partial charge is 0.183 e. The molecule has 0 atom stereocenters. The number of aryl methyl sites for hydroxylation is 3. The summed E-state index contributed by atoms with van der Waals surface area (Å²) in [7, 11) is 1.82. The Morgan fingerprint density at radius 2 is 1.94 bits per heavy atom. The molecule has 0 aliphatic heterocycles. The maximum Gasteiger partial charge on any atom is 0.183 e. The second-order valence-corrected chi connectivity index (χ2v) is 4.28. The molecule has 0 amide bonds. The standard InChI is InChI=1S/C14H16N2O/c1-11-3-5-12(6-4-11)7-8-14(17)13-9-10-16(2)15-13/h3-6,9-10H,7-8H2,1-2H3. The van der Waals surface area contributed by atoms with E-state index in [9.17, 15) is 4.79 Å². The fourth-order valence-corrected chi connectivity index (χ4v) is 1.70. The quantitative estimate of drug-likeness (QED) is 0.754. The molecule has 0 saturated carbocycles. The van der Waals surface area contributed by atoms with Crippen molar-refractivity contribution < 1.29 is 4.79 Å². The number of hydrogen-bond donors (Lipinski definition) is 0. The molecule has 0 aliphatic carbocycles. The molecular formula is C14H16N2O. The van der Waals surface area contributed by atoms with E-state index in [2.05, 4.69) is 36.3 Å². The first kappa shape index (κ1) is 11.6. The van der Waals surface area contributed by atoms with E-state index in [1.807, 2.05) is 7.05 Å². The van der Waals surface area contributed by atoms with E-state index in [0.717, 1.165) is 6.42 Å². The Kier molecular flexibility index (Phi) is 3.38. The molecule has 0 unspecified atom stereocenters. The van der Waals surface area contributed by atoms with Crippen molar-refractivity contribution in [1.29, 1.82) is 0 Å². The number of carbonyl (C=O) groups excluding carboxylic acids is 1. The molecule has 0 aliphatic rings. The number of benzene rings is 1. The Balaban J connectivity index is 1.94. The van der Waals surface area contributed by atoms with E-state index in [4.69, 9.17) is 0 Å². The van der Waals surface area contributed by atoms with Crippen LogP contribution in [-0.4, -0.2) is 15.6 Å². The van der Waals surface area contributed by atoms with Gasteiger partial charge in [-0.2, -0.15) is 5.10 Å². The van der Waals surface area contributed by atoms with Gasteiger partial charge in [0.15, 0.2) is 5.78 Å². The molecule has 3 heteroatoms. The molecule has 0 spiro atoms. The van der Waals surface area contributed by atoms with Crippen molar-refractivity contribution in [3.05, 3.63) is 53.3 Å². The zero-order chi connectivity index (χ0) is 12.3. The first-order valence-corrected chi connectivity index (χ1v) is 5.73. The van der Waals surface area contributed by atoms with Gasteiger partial charge in [-0.1, -0.05) is 29.8 Å². The van der Waals surface area contributed by atoms with Crippen LogP contribution in [0.4, 0.5) is 0 Å². The predicted octanol–water partition coefficient (Wildman–Crippen LogP) is 2.54. The maximum atomic E-state index is 11.8. The van der Waals surface area contributed by atoms with Crippen LogP contribution in [0.3, 0.4) is 0 Å². The lowest BCUT2D eigenvalue weighted by Gasteiger charge is -2.00. The van der Waals surface area contributed by atoms with E-state index in [-0.39, 0.29) is 5.78 Å². The third-order valence-electron chi connectivity index (χ3n) is 2.76. The molecule has 1 heterocycles. The Hall–Kier alpha value is -1.90. The maximum absolute atomic E-state index is 11.8. The molecule has 0 radical (unpaired) electrons. The number of rotatable bonds is 4. The molecule has 0 bridgehead atoms. The van der Waals surface area contributed by atoms with Gasteiger partial charge in [0.05, 0.1) is 0 Å². The van der Waals surface area contributed by atoms with Crippen molar-refractivity contribution in [2.24, 2.45) is 7.05 Å². The third-order valence-corrected chi connectivity index (χ3v) is 2.76. The predicted molar refractivity (Wildman–Crippen MR) is 67.0 cm³/mol. The van der Waals surface area contributed by atoms with Crippen LogP contribution in [-0.2, 0) is 13.5 Å². The van der Waals surface area contributed by atoms with E-state index >= 15 is 0 Å². The van der Waals surface area contributed by atoms with Crippen molar-refractivity contribution >= 4 is 5.78 Å². The summed E-state index contributed by atoms with van der Waals surface area (Å²) < 4.78 is 1.65. The zero-order valence-corrected chi connectivity index (χ0v) is 10.2.